The van der Waals surface area contributed by atoms with Crippen LogP contribution in [0.25, 0.3) is 0 Å². The summed E-state index contributed by atoms with van der Waals surface area (Å²) in [5.74, 6) is 0. The second-order valence-corrected chi connectivity index (χ2v) is 4.99. The highest BCUT2D eigenvalue weighted by molar-refractivity contribution is 5.17. The van der Waals surface area contributed by atoms with Crippen molar-refractivity contribution in [3.05, 3.63) is 47.5 Å². The van der Waals surface area contributed by atoms with Crippen molar-refractivity contribution in [2.45, 2.75) is 38.2 Å². The number of aliphatic hydroxyl groups is 1. The maximum Gasteiger partial charge on any atom is 0.0914 e. The second kappa shape index (κ2) is 7.34. The van der Waals surface area contributed by atoms with E-state index in [-0.39, 0.29) is 0 Å². The number of hydrogen-bond acceptors (Lipinski definition) is 2. The molecule has 0 fully saturated rings. The van der Waals surface area contributed by atoms with Crippen LogP contribution in [-0.2, 0) is 0 Å². The maximum absolute atomic E-state index is 9.98. The van der Waals surface area contributed by atoms with Crippen LogP contribution in [0.2, 0.25) is 0 Å². The lowest BCUT2D eigenvalue weighted by atomic mass is 9.97. The maximum atomic E-state index is 9.98. The van der Waals surface area contributed by atoms with Gasteiger partial charge in [0.25, 0.3) is 0 Å². The average molecular weight is 245 g/mol. The second-order valence-electron chi connectivity index (χ2n) is 4.99. The molecule has 0 aliphatic heterocycles. The van der Waals surface area contributed by atoms with E-state index < -0.39 is 6.10 Å². The van der Waals surface area contributed by atoms with Gasteiger partial charge in [-0.2, -0.15) is 0 Å². The fourth-order valence-electron chi connectivity index (χ4n) is 2.41. The fourth-order valence-corrected chi connectivity index (χ4v) is 2.41. The van der Waals surface area contributed by atoms with Crippen LogP contribution in [0, 0.1) is 0 Å². The van der Waals surface area contributed by atoms with E-state index in [1.807, 2.05) is 30.3 Å². The Morgan fingerprint density at radius 3 is 2.72 bits per heavy atom. The van der Waals surface area contributed by atoms with Gasteiger partial charge in [0.05, 0.1) is 6.10 Å². The van der Waals surface area contributed by atoms with Gasteiger partial charge in [0.1, 0.15) is 0 Å². The lowest BCUT2D eigenvalue weighted by molar-refractivity contribution is 0.175. The first-order valence-electron chi connectivity index (χ1n) is 6.98. The molecule has 1 aliphatic carbocycles. The summed E-state index contributed by atoms with van der Waals surface area (Å²) in [4.78, 5) is 0. The number of nitrogens with one attached hydrogen (secondary N) is 1. The zero-order valence-corrected chi connectivity index (χ0v) is 10.9. The van der Waals surface area contributed by atoms with E-state index in [0.29, 0.717) is 6.54 Å². The number of rotatable bonds is 6. The van der Waals surface area contributed by atoms with E-state index in [1.165, 1.54) is 25.7 Å². The lowest BCUT2D eigenvalue weighted by Gasteiger charge is -2.15. The van der Waals surface area contributed by atoms with Gasteiger partial charge in [0.15, 0.2) is 0 Å². The van der Waals surface area contributed by atoms with Crippen molar-refractivity contribution in [2.75, 3.05) is 13.1 Å². The van der Waals surface area contributed by atoms with E-state index in [4.69, 9.17) is 0 Å². The molecule has 18 heavy (non-hydrogen) atoms. The topological polar surface area (TPSA) is 32.3 Å². The first-order valence-corrected chi connectivity index (χ1v) is 6.98. The zero-order valence-electron chi connectivity index (χ0n) is 10.9. The molecule has 2 rings (SSSR count). The number of aliphatic hydroxyl groups excluding tert-OH is 1. The Morgan fingerprint density at radius 1 is 1.17 bits per heavy atom. The summed E-state index contributed by atoms with van der Waals surface area (Å²) in [6, 6.07) is 9.84. The predicted molar refractivity (Wildman–Crippen MR) is 75.4 cm³/mol. The molecule has 0 unspecified atom stereocenters. The highest BCUT2D eigenvalue weighted by Crippen LogP contribution is 2.19. The monoisotopic (exact) mass is 245 g/mol. The summed E-state index contributed by atoms with van der Waals surface area (Å²) in [6.07, 6.45) is 8.33. The Balaban J connectivity index is 1.65. The minimum Gasteiger partial charge on any atom is -0.387 e. The smallest absolute Gasteiger partial charge is 0.0914 e. The standard InChI is InChI=1S/C16H23NO/c18-16(15-9-5-2-6-10-15)13-17-12-11-14-7-3-1-4-8-14/h2,5-7,9-10,16-18H,1,3-4,8,11-13H2/t16-/m1/s1. The largest absolute Gasteiger partial charge is 0.387 e. The van der Waals surface area contributed by atoms with Gasteiger partial charge in [0.2, 0.25) is 0 Å². The van der Waals surface area contributed by atoms with Crippen LogP contribution in [0.3, 0.4) is 0 Å². The molecular weight excluding hydrogens is 222 g/mol. The van der Waals surface area contributed by atoms with Gasteiger partial charge in [-0.25, -0.2) is 0 Å². The van der Waals surface area contributed by atoms with Gasteiger partial charge in [-0.1, -0.05) is 42.0 Å². The van der Waals surface area contributed by atoms with Crippen molar-refractivity contribution < 1.29 is 5.11 Å². The summed E-state index contributed by atoms with van der Waals surface area (Å²) in [5.41, 5.74) is 2.57. The molecule has 0 spiro atoms. The fraction of sp³-hybridized carbons (Fsp3) is 0.500. The minimum absolute atomic E-state index is 0.397. The number of allylic oxidation sites excluding steroid dienone is 1. The SMILES string of the molecule is O[C@H](CNCCC1=CCCCC1)c1ccccc1. The van der Waals surface area contributed by atoms with Gasteiger partial charge < -0.3 is 10.4 Å². The number of benzene rings is 1. The lowest BCUT2D eigenvalue weighted by Crippen LogP contribution is -2.23. The number of hydrogen-bond donors (Lipinski definition) is 2. The molecule has 0 heterocycles. The Labute approximate surface area is 110 Å². The molecule has 1 aliphatic rings. The normalized spacial score (nSPS) is 17.3. The van der Waals surface area contributed by atoms with Crippen molar-refractivity contribution in [3.8, 4) is 0 Å². The summed E-state index contributed by atoms with van der Waals surface area (Å²) >= 11 is 0. The molecule has 2 N–H and O–H groups in total. The molecule has 0 aromatic heterocycles. The van der Waals surface area contributed by atoms with Crippen molar-refractivity contribution in [1.82, 2.24) is 5.32 Å². The predicted octanol–water partition coefficient (Wildman–Crippen LogP) is 3.20. The average Bonchev–Trinajstić information content (AvgIpc) is 2.45. The van der Waals surface area contributed by atoms with E-state index in [1.54, 1.807) is 5.57 Å². The zero-order chi connectivity index (χ0) is 12.6. The molecule has 0 saturated carbocycles. The van der Waals surface area contributed by atoms with Gasteiger partial charge in [0, 0.05) is 6.54 Å². The molecule has 98 valence electrons. The summed E-state index contributed by atoms with van der Waals surface area (Å²) in [7, 11) is 0. The van der Waals surface area contributed by atoms with Crippen LogP contribution in [0.15, 0.2) is 42.0 Å². The molecule has 1 atom stereocenters. The van der Waals surface area contributed by atoms with Crippen molar-refractivity contribution in [3.63, 3.8) is 0 Å². The van der Waals surface area contributed by atoms with Gasteiger partial charge in [-0.05, 0) is 44.2 Å². The summed E-state index contributed by atoms with van der Waals surface area (Å²) in [6.45, 7) is 1.60. The molecule has 2 nitrogen and oxygen atoms in total. The van der Waals surface area contributed by atoms with E-state index in [2.05, 4.69) is 11.4 Å². The van der Waals surface area contributed by atoms with E-state index in [0.717, 1.165) is 18.5 Å². The Morgan fingerprint density at radius 2 is 2.00 bits per heavy atom. The van der Waals surface area contributed by atoms with Crippen LogP contribution in [0.1, 0.15) is 43.8 Å². The summed E-state index contributed by atoms with van der Waals surface area (Å²) < 4.78 is 0. The Bertz CT molecular complexity index is 372. The first kappa shape index (κ1) is 13.3. The molecular formula is C16H23NO. The third kappa shape index (κ3) is 4.28. The van der Waals surface area contributed by atoms with Crippen LogP contribution >= 0.6 is 0 Å². The van der Waals surface area contributed by atoms with Gasteiger partial charge >= 0.3 is 0 Å². The highest BCUT2D eigenvalue weighted by Gasteiger charge is 2.06. The van der Waals surface area contributed by atoms with Crippen LogP contribution in [0.5, 0.6) is 0 Å². The van der Waals surface area contributed by atoms with Crippen LogP contribution in [-0.4, -0.2) is 18.2 Å². The molecule has 0 saturated heterocycles. The first-order chi connectivity index (χ1) is 8.86. The van der Waals surface area contributed by atoms with Crippen molar-refractivity contribution >= 4 is 0 Å². The van der Waals surface area contributed by atoms with Gasteiger partial charge in [-0.15, -0.1) is 0 Å². The highest BCUT2D eigenvalue weighted by atomic mass is 16.3. The Hall–Kier alpha value is -1.12. The van der Waals surface area contributed by atoms with Crippen LogP contribution in [0.4, 0.5) is 0 Å². The summed E-state index contributed by atoms with van der Waals surface area (Å²) in [5, 5.41) is 13.3. The minimum atomic E-state index is -0.397. The molecule has 0 radical (unpaired) electrons. The van der Waals surface area contributed by atoms with Crippen molar-refractivity contribution in [1.29, 1.82) is 0 Å². The Kier molecular flexibility index (Phi) is 5.43. The third-order valence-electron chi connectivity index (χ3n) is 3.53. The van der Waals surface area contributed by atoms with Crippen molar-refractivity contribution in [2.24, 2.45) is 0 Å². The molecule has 1 aromatic rings. The third-order valence-corrected chi connectivity index (χ3v) is 3.53. The molecule has 2 heteroatoms. The van der Waals surface area contributed by atoms with E-state index in [9.17, 15) is 5.11 Å². The van der Waals surface area contributed by atoms with Gasteiger partial charge in [-0.3, -0.25) is 0 Å². The molecule has 0 bridgehead atoms. The van der Waals surface area contributed by atoms with E-state index >= 15 is 0 Å². The quantitative estimate of drug-likeness (QED) is 0.596. The van der Waals surface area contributed by atoms with Crippen LogP contribution < -0.4 is 5.32 Å². The molecule has 0 amide bonds. The molecule has 1 aromatic carbocycles.